The van der Waals surface area contributed by atoms with Crippen LogP contribution in [-0.2, 0) is 14.8 Å². The summed E-state index contributed by atoms with van der Waals surface area (Å²) in [4.78, 5) is 10.9. The van der Waals surface area contributed by atoms with E-state index in [0.29, 0.717) is 0 Å². The highest BCUT2D eigenvalue weighted by atomic mass is 35.5. The van der Waals surface area contributed by atoms with Crippen molar-refractivity contribution in [2.75, 3.05) is 5.73 Å². The Labute approximate surface area is 116 Å². The first-order valence-electron chi connectivity index (χ1n) is 5.45. The summed E-state index contributed by atoms with van der Waals surface area (Å²) in [5.74, 6) is -1.63. The maximum absolute atomic E-state index is 12.0. The highest BCUT2D eigenvalue weighted by Gasteiger charge is 2.28. The maximum Gasteiger partial charge on any atom is 0.322 e. The van der Waals surface area contributed by atoms with Crippen LogP contribution in [0.25, 0.3) is 0 Å². The number of nitrogen functional groups attached to an aromatic ring is 1. The highest BCUT2D eigenvalue weighted by molar-refractivity contribution is 7.89. The maximum atomic E-state index is 12.0. The number of nitrogens with two attached hydrogens (primary N) is 1. The minimum atomic E-state index is -3.96. The largest absolute Gasteiger partial charge is 0.480 e. The number of sulfonamides is 1. The van der Waals surface area contributed by atoms with Gasteiger partial charge in [-0.25, -0.2) is 8.42 Å². The summed E-state index contributed by atoms with van der Waals surface area (Å²) in [6.45, 7) is 3.22. The van der Waals surface area contributed by atoms with E-state index in [1.54, 1.807) is 13.8 Å². The number of halogens is 1. The van der Waals surface area contributed by atoms with Gasteiger partial charge in [0.15, 0.2) is 0 Å². The number of rotatable bonds is 5. The number of hydrogen-bond acceptors (Lipinski definition) is 4. The predicted octanol–water partition coefficient (Wildman–Crippen LogP) is 1.31. The fourth-order valence-electron chi connectivity index (χ4n) is 1.38. The van der Waals surface area contributed by atoms with Crippen LogP contribution >= 0.6 is 11.6 Å². The Hall–Kier alpha value is -1.31. The summed E-state index contributed by atoms with van der Waals surface area (Å²) in [5, 5.41) is 9.08. The van der Waals surface area contributed by atoms with Crippen molar-refractivity contribution in [3.05, 3.63) is 23.2 Å². The van der Waals surface area contributed by atoms with Gasteiger partial charge >= 0.3 is 5.97 Å². The van der Waals surface area contributed by atoms with Gasteiger partial charge in [-0.05, 0) is 24.1 Å². The Morgan fingerprint density at radius 2 is 2.00 bits per heavy atom. The van der Waals surface area contributed by atoms with Gasteiger partial charge in [-0.3, -0.25) is 4.79 Å². The molecule has 0 aromatic heterocycles. The third kappa shape index (κ3) is 3.82. The smallest absolute Gasteiger partial charge is 0.322 e. The molecule has 1 unspecified atom stereocenters. The molecule has 8 heteroatoms. The number of hydrogen-bond donors (Lipinski definition) is 3. The Bertz CT molecular complexity index is 586. The molecular weight excluding hydrogens is 292 g/mol. The average molecular weight is 307 g/mol. The lowest BCUT2D eigenvalue weighted by Crippen LogP contribution is -2.44. The van der Waals surface area contributed by atoms with Crippen LogP contribution in [0.2, 0.25) is 5.02 Å². The predicted molar refractivity (Wildman–Crippen MR) is 72.4 cm³/mol. The Balaban J connectivity index is 3.10. The van der Waals surface area contributed by atoms with E-state index in [1.165, 1.54) is 18.2 Å². The number of carboxylic acids is 1. The zero-order chi connectivity index (χ0) is 14.8. The fraction of sp³-hybridized carbons (Fsp3) is 0.364. The van der Waals surface area contributed by atoms with E-state index in [9.17, 15) is 13.2 Å². The second-order valence-electron chi connectivity index (χ2n) is 4.36. The Morgan fingerprint density at radius 3 is 2.42 bits per heavy atom. The minimum absolute atomic E-state index is 0.0966. The monoisotopic (exact) mass is 306 g/mol. The summed E-state index contributed by atoms with van der Waals surface area (Å²) in [6.07, 6.45) is 0. The SMILES string of the molecule is CC(C)C(NS(=O)(=O)c1ccc(N)c(Cl)c1)C(=O)O. The molecule has 0 bridgehead atoms. The molecule has 19 heavy (non-hydrogen) atoms. The lowest BCUT2D eigenvalue weighted by atomic mass is 10.1. The molecule has 0 saturated heterocycles. The van der Waals surface area contributed by atoms with Gasteiger partial charge in [0.2, 0.25) is 10.0 Å². The second-order valence-corrected chi connectivity index (χ2v) is 6.49. The minimum Gasteiger partial charge on any atom is -0.480 e. The van der Waals surface area contributed by atoms with Gasteiger partial charge in [0, 0.05) is 0 Å². The number of anilines is 1. The summed E-state index contributed by atoms with van der Waals surface area (Å²) in [7, 11) is -3.96. The van der Waals surface area contributed by atoms with Crippen LogP contribution in [0.4, 0.5) is 5.69 Å². The normalized spacial score (nSPS) is 13.5. The van der Waals surface area contributed by atoms with Gasteiger partial charge in [-0.15, -0.1) is 0 Å². The molecule has 6 nitrogen and oxygen atoms in total. The Kier molecular flexibility index (Phi) is 4.78. The van der Waals surface area contributed by atoms with Crippen LogP contribution in [0.15, 0.2) is 23.1 Å². The van der Waals surface area contributed by atoms with Gasteiger partial charge in [-0.1, -0.05) is 25.4 Å². The molecule has 0 aliphatic carbocycles. The molecule has 0 aliphatic rings. The van der Waals surface area contributed by atoms with Gasteiger partial charge in [0.25, 0.3) is 0 Å². The van der Waals surface area contributed by atoms with Crippen molar-refractivity contribution in [3.63, 3.8) is 0 Å². The molecule has 4 N–H and O–H groups in total. The van der Waals surface area contributed by atoms with Crippen LogP contribution < -0.4 is 10.5 Å². The molecule has 1 rings (SSSR count). The second kappa shape index (κ2) is 5.77. The van der Waals surface area contributed by atoms with Gasteiger partial charge in [0.1, 0.15) is 6.04 Å². The van der Waals surface area contributed by atoms with E-state index in [1.807, 2.05) is 0 Å². The van der Waals surface area contributed by atoms with Crippen molar-refractivity contribution in [1.29, 1.82) is 0 Å². The molecule has 0 aliphatic heterocycles. The molecule has 1 aromatic rings. The van der Waals surface area contributed by atoms with Crippen LogP contribution in [0.3, 0.4) is 0 Å². The van der Waals surface area contributed by atoms with E-state index < -0.39 is 28.0 Å². The van der Waals surface area contributed by atoms with Crippen LogP contribution in [-0.4, -0.2) is 25.5 Å². The van der Waals surface area contributed by atoms with E-state index in [-0.39, 0.29) is 15.6 Å². The number of carbonyl (C=O) groups is 1. The van der Waals surface area contributed by atoms with Crippen molar-refractivity contribution in [2.45, 2.75) is 24.8 Å². The number of carboxylic acid groups (broad SMARTS) is 1. The number of benzene rings is 1. The summed E-state index contributed by atoms with van der Waals surface area (Å²) in [6, 6.07) is 2.59. The summed E-state index contributed by atoms with van der Waals surface area (Å²) >= 11 is 5.75. The quantitative estimate of drug-likeness (QED) is 0.711. The van der Waals surface area contributed by atoms with E-state index in [0.717, 1.165) is 0 Å². The van der Waals surface area contributed by atoms with Crippen molar-refractivity contribution in [3.8, 4) is 0 Å². The molecule has 0 radical (unpaired) electrons. The number of aliphatic carboxylic acids is 1. The topological polar surface area (TPSA) is 109 Å². The average Bonchev–Trinajstić information content (AvgIpc) is 2.28. The Morgan fingerprint density at radius 1 is 1.42 bits per heavy atom. The highest BCUT2D eigenvalue weighted by Crippen LogP contribution is 2.22. The van der Waals surface area contributed by atoms with E-state index in [2.05, 4.69) is 4.72 Å². The van der Waals surface area contributed by atoms with Gasteiger partial charge in [-0.2, -0.15) is 4.72 Å². The van der Waals surface area contributed by atoms with Crippen LogP contribution in [0.5, 0.6) is 0 Å². The molecule has 0 saturated carbocycles. The molecule has 0 heterocycles. The van der Waals surface area contributed by atoms with Gasteiger partial charge < -0.3 is 10.8 Å². The summed E-state index contributed by atoms with van der Waals surface area (Å²) < 4.78 is 26.2. The third-order valence-electron chi connectivity index (χ3n) is 2.50. The van der Waals surface area contributed by atoms with E-state index >= 15 is 0 Å². The lowest BCUT2D eigenvalue weighted by Gasteiger charge is -2.18. The zero-order valence-electron chi connectivity index (χ0n) is 10.4. The first-order chi connectivity index (χ1) is 8.65. The molecule has 0 fully saturated rings. The van der Waals surface area contributed by atoms with Crippen molar-refractivity contribution in [1.82, 2.24) is 4.72 Å². The van der Waals surface area contributed by atoms with Crippen molar-refractivity contribution >= 4 is 33.3 Å². The molecule has 0 amide bonds. The van der Waals surface area contributed by atoms with Crippen LogP contribution in [0.1, 0.15) is 13.8 Å². The lowest BCUT2D eigenvalue weighted by molar-refractivity contribution is -0.140. The molecule has 106 valence electrons. The fourth-order valence-corrected chi connectivity index (χ4v) is 2.99. The summed E-state index contributed by atoms with van der Waals surface area (Å²) in [5.41, 5.74) is 5.74. The van der Waals surface area contributed by atoms with Crippen molar-refractivity contribution < 1.29 is 18.3 Å². The van der Waals surface area contributed by atoms with E-state index in [4.69, 9.17) is 22.4 Å². The molecule has 0 spiro atoms. The first-order valence-corrected chi connectivity index (χ1v) is 7.31. The first kappa shape index (κ1) is 15.7. The molecular formula is C11H15ClN2O4S. The standard InChI is InChI=1S/C11H15ClN2O4S/c1-6(2)10(11(15)16)14-19(17,18)7-3-4-9(13)8(12)5-7/h3-6,10,14H,13H2,1-2H3,(H,15,16). The van der Waals surface area contributed by atoms with Crippen LogP contribution in [0, 0.1) is 5.92 Å². The molecule has 1 atom stereocenters. The number of nitrogens with one attached hydrogen (secondary N) is 1. The zero-order valence-corrected chi connectivity index (χ0v) is 12.0. The molecule has 1 aromatic carbocycles. The van der Waals surface area contributed by atoms with Crippen molar-refractivity contribution in [2.24, 2.45) is 5.92 Å². The third-order valence-corrected chi connectivity index (χ3v) is 4.26. The van der Waals surface area contributed by atoms with Gasteiger partial charge in [0.05, 0.1) is 15.6 Å².